The number of carbonyl (C=O) groups excluding carboxylic acids is 1. The Labute approximate surface area is 202 Å². The number of sulfonamides is 1. The molecule has 0 bridgehead atoms. The maximum Gasteiger partial charge on any atom is 0.263 e. The van der Waals surface area contributed by atoms with Crippen molar-refractivity contribution >= 4 is 33.2 Å². The quantitative estimate of drug-likeness (QED) is 0.379. The Kier molecular flexibility index (Phi) is 6.85. The number of para-hydroxylation sites is 1. The van der Waals surface area contributed by atoms with E-state index in [1.165, 1.54) is 25.3 Å². The zero-order valence-corrected chi connectivity index (χ0v) is 19.7. The summed E-state index contributed by atoms with van der Waals surface area (Å²) in [6.07, 6.45) is 3.47. The molecule has 0 aliphatic carbocycles. The molecule has 1 aromatic heterocycles. The van der Waals surface area contributed by atoms with Gasteiger partial charge in [-0.15, -0.1) is 0 Å². The van der Waals surface area contributed by atoms with Crippen molar-refractivity contribution in [3.63, 3.8) is 0 Å². The fourth-order valence-electron chi connectivity index (χ4n) is 3.18. The molecule has 0 aliphatic rings. The number of nitrogens with zero attached hydrogens (tertiary/aromatic N) is 2. The second-order valence-corrected chi connectivity index (χ2v) is 9.35. The Balaban J connectivity index is 1.46. The first-order valence-corrected chi connectivity index (χ1v) is 12.1. The highest BCUT2D eigenvalue weighted by Crippen LogP contribution is 2.26. The smallest absolute Gasteiger partial charge is 0.263 e. The van der Waals surface area contributed by atoms with Crippen LogP contribution in [0.15, 0.2) is 90.1 Å². The predicted octanol–water partition coefficient (Wildman–Crippen LogP) is 4.27. The highest BCUT2D eigenvalue weighted by atomic mass is 35.5. The van der Waals surface area contributed by atoms with Crippen LogP contribution in [-0.2, 0) is 16.6 Å². The van der Waals surface area contributed by atoms with E-state index in [0.29, 0.717) is 11.4 Å². The third kappa shape index (κ3) is 5.38. The van der Waals surface area contributed by atoms with Gasteiger partial charge in [0, 0.05) is 29.6 Å². The second kappa shape index (κ2) is 9.98. The van der Waals surface area contributed by atoms with E-state index in [1.807, 2.05) is 36.5 Å². The van der Waals surface area contributed by atoms with Crippen LogP contribution in [0.4, 0.5) is 5.69 Å². The van der Waals surface area contributed by atoms with Crippen molar-refractivity contribution < 1.29 is 17.9 Å². The number of aromatic nitrogens is 2. The Hall–Kier alpha value is -3.82. The standard InChI is InChI=1S/C24H21ClN4O4S/c1-33-21-10-8-19(9-11-21)28-34(31,32)23-13-18(7-12-22(23)25)24(30)26-14-17-15-27-29(16-17)20-5-3-2-4-6-20/h2-13,15-16,28H,14H2,1H3,(H,26,30). The molecular weight excluding hydrogens is 476 g/mol. The van der Waals surface area contributed by atoms with Crippen LogP contribution in [0.1, 0.15) is 15.9 Å². The van der Waals surface area contributed by atoms with E-state index in [-0.39, 0.29) is 22.0 Å². The fourth-order valence-corrected chi connectivity index (χ4v) is 4.76. The number of rotatable bonds is 8. The lowest BCUT2D eigenvalue weighted by atomic mass is 10.2. The second-order valence-electron chi connectivity index (χ2n) is 7.29. The largest absolute Gasteiger partial charge is 0.497 e. The van der Waals surface area contributed by atoms with Crippen molar-refractivity contribution in [1.29, 1.82) is 0 Å². The van der Waals surface area contributed by atoms with Crippen LogP contribution in [-0.4, -0.2) is 31.2 Å². The summed E-state index contributed by atoms with van der Waals surface area (Å²) >= 11 is 6.15. The third-order valence-electron chi connectivity index (χ3n) is 4.94. The normalized spacial score (nSPS) is 11.1. The van der Waals surface area contributed by atoms with Gasteiger partial charge in [-0.25, -0.2) is 13.1 Å². The lowest BCUT2D eigenvalue weighted by Gasteiger charge is -2.12. The summed E-state index contributed by atoms with van der Waals surface area (Å²) in [6.45, 7) is 0.223. The summed E-state index contributed by atoms with van der Waals surface area (Å²) in [6, 6.07) is 20.1. The first kappa shape index (κ1) is 23.3. The molecule has 0 fully saturated rings. The number of ether oxygens (including phenoxy) is 1. The topological polar surface area (TPSA) is 102 Å². The van der Waals surface area contributed by atoms with E-state index < -0.39 is 15.9 Å². The summed E-state index contributed by atoms with van der Waals surface area (Å²) in [7, 11) is -2.51. The Morgan fingerprint density at radius 2 is 1.79 bits per heavy atom. The number of anilines is 1. The van der Waals surface area contributed by atoms with Gasteiger partial charge in [0.15, 0.2) is 0 Å². The third-order valence-corrected chi connectivity index (χ3v) is 6.80. The number of hydrogen-bond donors (Lipinski definition) is 2. The Morgan fingerprint density at radius 3 is 2.50 bits per heavy atom. The van der Waals surface area contributed by atoms with Gasteiger partial charge in [0.2, 0.25) is 0 Å². The molecule has 2 N–H and O–H groups in total. The minimum Gasteiger partial charge on any atom is -0.497 e. The average molecular weight is 497 g/mol. The van der Waals surface area contributed by atoms with Crippen LogP contribution in [0.5, 0.6) is 5.75 Å². The highest BCUT2D eigenvalue weighted by molar-refractivity contribution is 7.92. The van der Waals surface area contributed by atoms with Crippen molar-refractivity contribution in [3.05, 3.63) is 101 Å². The van der Waals surface area contributed by atoms with Gasteiger partial charge in [0.25, 0.3) is 15.9 Å². The molecular formula is C24H21ClN4O4S. The first-order chi connectivity index (χ1) is 16.4. The van der Waals surface area contributed by atoms with Crippen molar-refractivity contribution in [1.82, 2.24) is 15.1 Å². The molecule has 3 aromatic carbocycles. The lowest BCUT2D eigenvalue weighted by molar-refractivity contribution is 0.0950. The SMILES string of the molecule is COc1ccc(NS(=O)(=O)c2cc(C(=O)NCc3cnn(-c4ccccc4)c3)ccc2Cl)cc1. The van der Waals surface area contributed by atoms with Gasteiger partial charge >= 0.3 is 0 Å². The molecule has 34 heavy (non-hydrogen) atoms. The van der Waals surface area contributed by atoms with Crippen molar-refractivity contribution in [3.8, 4) is 11.4 Å². The number of hydrogen-bond acceptors (Lipinski definition) is 5. The molecule has 0 spiro atoms. The van der Waals surface area contributed by atoms with Crippen LogP contribution in [0.2, 0.25) is 5.02 Å². The molecule has 0 aliphatic heterocycles. The van der Waals surface area contributed by atoms with Gasteiger partial charge in [-0.1, -0.05) is 29.8 Å². The van der Waals surface area contributed by atoms with Gasteiger partial charge in [-0.05, 0) is 54.6 Å². The van der Waals surface area contributed by atoms with Crippen molar-refractivity contribution in [2.24, 2.45) is 0 Å². The minimum atomic E-state index is -4.03. The van der Waals surface area contributed by atoms with Crippen LogP contribution in [0.25, 0.3) is 5.69 Å². The van der Waals surface area contributed by atoms with E-state index in [9.17, 15) is 13.2 Å². The molecule has 8 nitrogen and oxygen atoms in total. The monoisotopic (exact) mass is 496 g/mol. The van der Waals surface area contributed by atoms with E-state index in [1.54, 1.807) is 35.1 Å². The van der Waals surface area contributed by atoms with Crippen LogP contribution in [0.3, 0.4) is 0 Å². The summed E-state index contributed by atoms with van der Waals surface area (Å²) in [5, 5.41) is 7.08. The number of benzene rings is 3. The molecule has 174 valence electrons. The predicted molar refractivity (Wildman–Crippen MR) is 130 cm³/mol. The molecule has 10 heteroatoms. The van der Waals surface area contributed by atoms with E-state index in [0.717, 1.165) is 11.3 Å². The van der Waals surface area contributed by atoms with Crippen molar-refractivity contribution in [2.45, 2.75) is 11.4 Å². The lowest BCUT2D eigenvalue weighted by Crippen LogP contribution is -2.23. The maximum absolute atomic E-state index is 12.9. The molecule has 0 radical (unpaired) electrons. The number of methoxy groups -OCH3 is 1. The van der Waals surface area contributed by atoms with Crippen LogP contribution < -0.4 is 14.8 Å². The first-order valence-electron chi connectivity index (χ1n) is 10.2. The zero-order chi connectivity index (χ0) is 24.1. The number of amides is 1. The molecule has 4 rings (SSSR count). The molecule has 0 atom stereocenters. The Bertz CT molecular complexity index is 1400. The van der Waals surface area contributed by atoms with E-state index >= 15 is 0 Å². The fraction of sp³-hybridized carbons (Fsp3) is 0.0833. The molecule has 1 heterocycles. The number of carbonyl (C=O) groups is 1. The molecule has 1 amide bonds. The van der Waals surface area contributed by atoms with Gasteiger partial charge in [0.1, 0.15) is 10.6 Å². The van der Waals surface area contributed by atoms with Crippen molar-refractivity contribution in [2.75, 3.05) is 11.8 Å². The van der Waals surface area contributed by atoms with Gasteiger partial charge < -0.3 is 10.1 Å². The maximum atomic E-state index is 12.9. The Morgan fingerprint density at radius 1 is 1.06 bits per heavy atom. The average Bonchev–Trinajstić information content (AvgIpc) is 3.33. The summed E-state index contributed by atoms with van der Waals surface area (Å²) < 4.78 is 35.0. The van der Waals surface area contributed by atoms with Gasteiger partial charge in [0.05, 0.1) is 24.0 Å². The highest BCUT2D eigenvalue weighted by Gasteiger charge is 2.20. The molecule has 0 saturated heterocycles. The van der Waals surface area contributed by atoms with E-state index in [2.05, 4.69) is 15.1 Å². The number of nitrogens with one attached hydrogen (secondary N) is 2. The van der Waals surface area contributed by atoms with Crippen LogP contribution >= 0.6 is 11.6 Å². The molecule has 4 aromatic rings. The summed E-state index contributed by atoms with van der Waals surface area (Å²) in [5.41, 5.74) is 2.19. The van der Waals surface area contributed by atoms with Gasteiger partial charge in [-0.3, -0.25) is 9.52 Å². The van der Waals surface area contributed by atoms with E-state index in [4.69, 9.17) is 16.3 Å². The minimum absolute atomic E-state index is 0.00157. The summed E-state index contributed by atoms with van der Waals surface area (Å²) in [4.78, 5) is 12.5. The van der Waals surface area contributed by atoms with Crippen LogP contribution in [0, 0.1) is 0 Å². The van der Waals surface area contributed by atoms with Gasteiger partial charge in [-0.2, -0.15) is 5.10 Å². The molecule has 0 saturated carbocycles. The zero-order valence-electron chi connectivity index (χ0n) is 18.1. The summed E-state index contributed by atoms with van der Waals surface area (Å²) in [5.74, 6) is 0.152. The molecule has 0 unspecified atom stereocenters. The number of halogens is 1.